The van der Waals surface area contributed by atoms with Crippen molar-refractivity contribution in [3.8, 4) is 0 Å². The molecule has 0 N–H and O–H groups in total. The average molecular weight is 268 g/mol. The highest BCUT2D eigenvalue weighted by Crippen LogP contribution is 2.58. The summed E-state index contributed by atoms with van der Waals surface area (Å²) in [6, 6.07) is 0. The minimum atomic E-state index is 0.174. The minimum Gasteiger partial charge on any atom is -0.290 e. The van der Waals surface area contributed by atoms with E-state index in [-0.39, 0.29) is 5.78 Å². The van der Waals surface area contributed by atoms with Crippen LogP contribution in [0.5, 0.6) is 0 Å². The van der Waals surface area contributed by atoms with Gasteiger partial charge in [-0.2, -0.15) is 0 Å². The third kappa shape index (κ3) is 1.86. The molecule has 0 spiro atoms. The van der Waals surface area contributed by atoms with Crippen molar-refractivity contribution in [2.45, 2.75) is 51.9 Å². The largest absolute Gasteiger partial charge is 0.290 e. The molecule has 4 unspecified atom stereocenters. The van der Waals surface area contributed by atoms with Crippen LogP contribution in [-0.4, -0.2) is 5.78 Å². The molecule has 4 aliphatic carbocycles. The molecular formula is C19H24O. The summed E-state index contributed by atoms with van der Waals surface area (Å²) in [6.45, 7) is 2.53. The smallest absolute Gasteiger partial charge is 0.178 e. The van der Waals surface area contributed by atoms with Crippen LogP contribution in [0.1, 0.15) is 51.9 Å². The topological polar surface area (TPSA) is 17.1 Å². The summed E-state index contributed by atoms with van der Waals surface area (Å²) in [5, 5.41) is 0. The number of allylic oxidation sites excluding steroid dienone is 6. The molecule has 2 fully saturated rings. The molecule has 0 aliphatic heterocycles. The molecule has 0 heterocycles. The van der Waals surface area contributed by atoms with Gasteiger partial charge in [0.15, 0.2) is 5.78 Å². The normalized spacial score (nSPS) is 43.0. The second-order valence-corrected chi connectivity index (χ2v) is 7.57. The first kappa shape index (κ1) is 12.6. The van der Waals surface area contributed by atoms with E-state index in [2.05, 4.69) is 19.1 Å². The SMILES string of the molecule is CC12CCCC1C1CCC3C=CC(=O)C=C3C=C1CC2. The summed E-state index contributed by atoms with van der Waals surface area (Å²) in [6.07, 6.45) is 17.7. The fraction of sp³-hybridized carbons (Fsp3) is 0.632. The molecule has 0 radical (unpaired) electrons. The van der Waals surface area contributed by atoms with Gasteiger partial charge < -0.3 is 0 Å². The van der Waals surface area contributed by atoms with Crippen molar-refractivity contribution in [1.29, 1.82) is 0 Å². The number of hydrogen-bond acceptors (Lipinski definition) is 1. The Morgan fingerprint density at radius 3 is 2.95 bits per heavy atom. The number of carbonyl (C=O) groups excluding carboxylic acids is 1. The van der Waals surface area contributed by atoms with Gasteiger partial charge >= 0.3 is 0 Å². The maximum Gasteiger partial charge on any atom is 0.178 e. The first-order chi connectivity index (χ1) is 9.66. The van der Waals surface area contributed by atoms with Gasteiger partial charge in [-0.25, -0.2) is 0 Å². The lowest BCUT2D eigenvalue weighted by Gasteiger charge is -2.43. The highest BCUT2D eigenvalue weighted by Gasteiger charge is 2.47. The van der Waals surface area contributed by atoms with E-state index in [0.717, 1.165) is 11.8 Å². The van der Waals surface area contributed by atoms with Crippen molar-refractivity contribution in [2.75, 3.05) is 0 Å². The van der Waals surface area contributed by atoms with E-state index in [4.69, 9.17) is 0 Å². The number of rotatable bonds is 0. The standard InChI is InChI=1S/C19H24O/c1-19-9-2-3-18(19)17-7-5-13-4-6-16(20)12-15(13)11-14(17)8-10-19/h4,6,11-13,17-18H,2-3,5,7-10H2,1H3. The van der Waals surface area contributed by atoms with Crippen LogP contribution in [0, 0.1) is 23.2 Å². The van der Waals surface area contributed by atoms with E-state index in [1.54, 1.807) is 11.6 Å². The van der Waals surface area contributed by atoms with Crippen molar-refractivity contribution in [1.82, 2.24) is 0 Å². The molecule has 1 nitrogen and oxygen atoms in total. The van der Waals surface area contributed by atoms with Crippen LogP contribution >= 0.6 is 0 Å². The molecule has 0 aromatic heterocycles. The average Bonchev–Trinajstić information content (AvgIpc) is 2.72. The lowest BCUT2D eigenvalue weighted by molar-refractivity contribution is -0.110. The minimum absolute atomic E-state index is 0.174. The molecule has 0 bridgehead atoms. The van der Waals surface area contributed by atoms with Crippen LogP contribution in [0.4, 0.5) is 0 Å². The molecule has 106 valence electrons. The van der Waals surface area contributed by atoms with Crippen molar-refractivity contribution in [3.05, 3.63) is 35.5 Å². The zero-order valence-electron chi connectivity index (χ0n) is 12.4. The van der Waals surface area contributed by atoms with Crippen molar-refractivity contribution < 1.29 is 4.79 Å². The van der Waals surface area contributed by atoms with Crippen LogP contribution in [0.3, 0.4) is 0 Å². The second kappa shape index (κ2) is 4.44. The number of ketones is 1. The van der Waals surface area contributed by atoms with Gasteiger partial charge in [0.2, 0.25) is 0 Å². The lowest BCUT2D eigenvalue weighted by atomic mass is 9.62. The first-order valence-corrected chi connectivity index (χ1v) is 8.30. The summed E-state index contributed by atoms with van der Waals surface area (Å²) in [5.74, 6) is 2.38. The Kier molecular flexibility index (Phi) is 2.80. The fourth-order valence-corrected chi connectivity index (χ4v) is 5.32. The maximum absolute atomic E-state index is 11.6. The van der Waals surface area contributed by atoms with Gasteiger partial charge in [-0.05, 0) is 73.5 Å². The highest BCUT2D eigenvalue weighted by molar-refractivity contribution is 6.01. The molecule has 2 saturated carbocycles. The molecule has 20 heavy (non-hydrogen) atoms. The Balaban J connectivity index is 1.70. The van der Waals surface area contributed by atoms with Crippen molar-refractivity contribution in [3.63, 3.8) is 0 Å². The van der Waals surface area contributed by atoms with Crippen LogP contribution in [0.15, 0.2) is 35.5 Å². The molecule has 0 aromatic carbocycles. The third-order valence-corrected chi connectivity index (χ3v) is 6.48. The monoisotopic (exact) mass is 268 g/mol. The van der Waals surface area contributed by atoms with Gasteiger partial charge in [-0.3, -0.25) is 4.79 Å². The zero-order chi connectivity index (χ0) is 13.7. The van der Waals surface area contributed by atoms with E-state index < -0.39 is 0 Å². The van der Waals surface area contributed by atoms with Gasteiger partial charge in [0.25, 0.3) is 0 Å². The maximum atomic E-state index is 11.6. The molecule has 4 atom stereocenters. The summed E-state index contributed by atoms with van der Waals surface area (Å²) < 4.78 is 0. The number of hydrogen-bond donors (Lipinski definition) is 0. The van der Waals surface area contributed by atoms with E-state index in [1.165, 1.54) is 50.5 Å². The number of fused-ring (bicyclic) bond motifs is 4. The highest BCUT2D eigenvalue weighted by atomic mass is 16.1. The lowest BCUT2D eigenvalue weighted by Crippen LogP contribution is -2.34. The quantitative estimate of drug-likeness (QED) is 0.627. The van der Waals surface area contributed by atoms with Gasteiger partial charge in [-0.1, -0.05) is 31.1 Å². The molecule has 4 aliphatic rings. The van der Waals surface area contributed by atoms with Gasteiger partial charge in [-0.15, -0.1) is 0 Å². The fourth-order valence-electron chi connectivity index (χ4n) is 5.32. The molecular weight excluding hydrogens is 244 g/mol. The van der Waals surface area contributed by atoms with Gasteiger partial charge in [0.05, 0.1) is 0 Å². The summed E-state index contributed by atoms with van der Waals surface area (Å²) >= 11 is 0. The Hall–Kier alpha value is -1.11. The third-order valence-electron chi connectivity index (χ3n) is 6.48. The van der Waals surface area contributed by atoms with Gasteiger partial charge in [0.1, 0.15) is 0 Å². The number of carbonyl (C=O) groups is 1. The summed E-state index contributed by atoms with van der Waals surface area (Å²) in [4.78, 5) is 11.6. The zero-order valence-corrected chi connectivity index (χ0v) is 12.4. The van der Waals surface area contributed by atoms with Crippen LogP contribution in [-0.2, 0) is 4.79 Å². The Labute approximate surface area is 121 Å². The van der Waals surface area contributed by atoms with Crippen molar-refractivity contribution in [2.24, 2.45) is 23.2 Å². The Morgan fingerprint density at radius 2 is 2.05 bits per heavy atom. The Morgan fingerprint density at radius 1 is 1.15 bits per heavy atom. The second-order valence-electron chi connectivity index (χ2n) is 7.57. The van der Waals surface area contributed by atoms with E-state index in [1.807, 2.05) is 6.08 Å². The Bertz CT molecular complexity index is 536. The van der Waals surface area contributed by atoms with Crippen molar-refractivity contribution >= 4 is 5.78 Å². The molecule has 1 heteroatoms. The van der Waals surface area contributed by atoms with Gasteiger partial charge in [0, 0.05) is 5.92 Å². The molecule has 0 amide bonds. The summed E-state index contributed by atoms with van der Waals surface area (Å²) in [5.41, 5.74) is 3.56. The van der Waals surface area contributed by atoms with E-state index in [0.29, 0.717) is 11.3 Å². The molecule has 4 rings (SSSR count). The van der Waals surface area contributed by atoms with Crippen LogP contribution < -0.4 is 0 Å². The van der Waals surface area contributed by atoms with Crippen LogP contribution in [0.25, 0.3) is 0 Å². The van der Waals surface area contributed by atoms with E-state index in [9.17, 15) is 4.79 Å². The molecule has 0 saturated heterocycles. The predicted molar refractivity (Wildman–Crippen MR) is 81.2 cm³/mol. The van der Waals surface area contributed by atoms with E-state index >= 15 is 0 Å². The van der Waals surface area contributed by atoms with Crippen LogP contribution in [0.2, 0.25) is 0 Å². The molecule has 0 aromatic rings. The summed E-state index contributed by atoms with van der Waals surface area (Å²) in [7, 11) is 0. The first-order valence-electron chi connectivity index (χ1n) is 8.30. The predicted octanol–water partition coefficient (Wildman–Crippen LogP) is 4.60.